The van der Waals surface area contributed by atoms with Crippen LogP contribution in [0.3, 0.4) is 0 Å². The molecular formula is C16H17N3Tl. The summed E-state index contributed by atoms with van der Waals surface area (Å²) in [6, 6.07) is 10.6. The molecule has 0 spiro atoms. The number of anilines is 1. The Kier molecular flexibility index (Phi) is 4.24. The van der Waals surface area contributed by atoms with Gasteiger partial charge >= 0.3 is 135 Å². The molecule has 0 N–H and O–H groups in total. The van der Waals surface area contributed by atoms with Gasteiger partial charge < -0.3 is 0 Å². The molecular weight excluding hydrogens is 439 g/mol. The van der Waals surface area contributed by atoms with Gasteiger partial charge in [0, 0.05) is 0 Å². The number of aliphatic imine (C=N–C) groups is 1. The number of hydrogen-bond acceptors (Lipinski definition) is 3. The molecule has 1 saturated heterocycles. The number of nitrogens with zero attached hydrogens (tertiary/aromatic N) is 3. The molecule has 1 aliphatic heterocycles. The molecule has 1 unspecified atom stereocenters. The Bertz CT molecular complexity index is 648. The minimum absolute atomic E-state index is 0.692. The zero-order chi connectivity index (χ0) is 13.9. The van der Waals surface area contributed by atoms with Crippen LogP contribution in [0.2, 0.25) is 0 Å². The van der Waals surface area contributed by atoms with E-state index in [0.717, 1.165) is 43.9 Å². The van der Waals surface area contributed by atoms with Gasteiger partial charge in [0.2, 0.25) is 0 Å². The van der Waals surface area contributed by atoms with Gasteiger partial charge in [-0.05, 0) is 0 Å². The van der Waals surface area contributed by atoms with Crippen molar-refractivity contribution in [3.05, 3.63) is 36.5 Å². The number of hydrogen-bond donors (Lipinski definition) is 0. The number of aromatic nitrogens is 1. The van der Waals surface area contributed by atoms with E-state index in [-0.39, 0.29) is 0 Å². The second-order valence-corrected chi connectivity index (χ2v) is 7.85. The van der Waals surface area contributed by atoms with E-state index in [0.29, 0.717) is 5.92 Å². The van der Waals surface area contributed by atoms with Crippen molar-refractivity contribution in [2.75, 3.05) is 18.0 Å². The van der Waals surface area contributed by atoms with Crippen LogP contribution in [0, 0.1) is 5.92 Å². The van der Waals surface area contributed by atoms with E-state index in [4.69, 9.17) is 0 Å². The fraction of sp³-hybridized carbons (Fsp3) is 0.312. The van der Waals surface area contributed by atoms with Crippen molar-refractivity contribution >= 4 is 51.8 Å². The monoisotopic (exact) mass is 456 g/mol. The van der Waals surface area contributed by atoms with Crippen molar-refractivity contribution in [3.8, 4) is 0 Å². The number of fused-ring (bicyclic) bond motifs is 1. The standard InChI is InChI=1S/C16H17N3.Tl/c1-17-12-13-7-10-19(11-8-13)16-6-9-18-15-5-3-2-4-14(15)16;/h2-6,9,13H,1,7-8,10,12H2;. The predicted molar refractivity (Wildman–Crippen MR) is 87.0 cm³/mol. The Morgan fingerprint density at radius 1 is 1.35 bits per heavy atom. The van der Waals surface area contributed by atoms with Crippen LogP contribution in [-0.2, 0) is 0 Å². The normalized spacial score (nSPS) is 19.4. The summed E-state index contributed by atoms with van der Waals surface area (Å²) in [6.45, 7) is 5.63. The first-order valence-corrected chi connectivity index (χ1v) is 9.19. The SMILES string of the molecule is C=NCC1CCN(c2ccnc3ccccc23)[C](=[Tl])C1. The summed E-state index contributed by atoms with van der Waals surface area (Å²) in [4.78, 5) is 11.0. The van der Waals surface area contributed by atoms with Gasteiger partial charge in [-0.3, -0.25) is 0 Å². The Hall–Kier alpha value is -1.11. The van der Waals surface area contributed by atoms with E-state index in [2.05, 4.69) is 45.9 Å². The molecule has 2 aromatic rings. The fourth-order valence-corrected chi connectivity index (χ4v) is 5.23. The Balaban J connectivity index is 1.92. The van der Waals surface area contributed by atoms with Gasteiger partial charge in [-0.2, -0.15) is 0 Å². The Morgan fingerprint density at radius 2 is 2.20 bits per heavy atom. The van der Waals surface area contributed by atoms with Gasteiger partial charge in [0.05, 0.1) is 0 Å². The van der Waals surface area contributed by atoms with E-state index in [1.807, 2.05) is 12.3 Å². The first kappa shape index (κ1) is 13.9. The van der Waals surface area contributed by atoms with E-state index < -0.39 is 0 Å². The van der Waals surface area contributed by atoms with Crippen LogP contribution in [0.25, 0.3) is 10.9 Å². The molecule has 99 valence electrons. The van der Waals surface area contributed by atoms with Crippen LogP contribution < -0.4 is 4.90 Å². The van der Waals surface area contributed by atoms with Gasteiger partial charge in [0.15, 0.2) is 0 Å². The van der Waals surface area contributed by atoms with Crippen molar-refractivity contribution < 1.29 is 0 Å². The summed E-state index contributed by atoms with van der Waals surface area (Å²) in [5.74, 6) is 0.692. The van der Waals surface area contributed by atoms with Crippen LogP contribution in [0.5, 0.6) is 0 Å². The second kappa shape index (κ2) is 6.12. The molecule has 1 fully saturated rings. The quantitative estimate of drug-likeness (QED) is 0.525. The molecule has 0 amide bonds. The second-order valence-electron chi connectivity index (χ2n) is 5.26. The first-order chi connectivity index (χ1) is 9.79. The summed E-state index contributed by atoms with van der Waals surface area (Å²) in [6.07, 6.45) is 4.30. The maximum atomic E-state index is 4.46. The van der Waals surface area contributed by atoms with Crippen molar-refractivity contribution in [2.45, 2.75) is 12.8 Å². The van der Waals surface area contributed by atoms with Gasteiger partial charge in [-0.1, -0.05) is 0 Å². The van der Waals surface area contributed by atoms with Crippen molar-refractivity contribution in [1.82, 2.24) is 4.98 Å². The molecule has 1 aromatic heterocycles. The number of rotatable bonds is 3. The molecule has 0 saturated carbocycles. The van der Waals surface area contributed by atoms with Crippen molar-refractivity contribution in [3.63, 3.8) is 0 Å². The average Bonchev–Trinajstić information content (AvgIpc) is 2.47. The molecule has 3 nitrogen and oxygen atoms in total. The van der Waals surface area contributed by atoms with E-state index in [9.17, 15) is 0 Å². The summed E-state index contributed by atoms with van der Waals surface area (Å²) in [7, 11) is 0. The third kappa shape index (κ3) is 2.68. The number of benzene rings is 1. The van der Waals surface area contributed by atoms with Crippen molar-refractivity contribution in [1.29, 1.82) is 0 Å². The molecule has 2 heterocycles. The fourth-order valence-electron chi connectivity index (χ4n) is 2.89. The zero-order valence-electron chi connectivity index (χ0n) is 11.5. The van der Waals surface area contributed by atoms with Crippen LogP contribution in [0.4, 0.5) is 5.69 Å². The summed E-state index contributed by atoms with van der Waals surface area (Å²) >= 11 is 0.875. The first-order valence-electron chi connectivity index (χ1n) is 6.94. The molecule has 1 atom stereocenters. The maximum absolute atomic E-state index is 4.46. The van der Waals surface area contributed by atoms with Crippen LogP contribution >= 0.6 is 0 Å². The van der Waals surface area contributed by atoms with E-state index in [1.54, 1.807) is 3.18 Å². The Labute approximate surface area is 134 Å². The molecule has 1 aliphatic rings. The molecule has 20 heavy (non-hydrogen) atoms. The molecule has 1 aromatic carbocycles. The van der Waals surface area contributed by atoms with Gasteiger partial charge in [-0.15, -0.1) is 0 Å². The molecule has 0 bridgehead atoms. The predicted octanol–water partition coefficient (Wildman–Crippen LogP) is 2.45. The topological polar surface area (TPSA) is 28.5 Å². The number of piperidine rings is 1. The van der Waals surface area contributed by atoms with Crippen LogP contribution in [-0.4, -0.2) is 53.2 Å². The molecule has 0 aliphatic carbocycles. The van der Waals surface area contributed by atoms with Crippen molar-refractivity contribution in [2.24, 2.45) is 10.9 Å². The van der Waals surface area contributed by atoms with Crippen LogP contribution in [0.1, 0.15) is 12.8 Å². The molecule has 0 radical (unpaired) electrons. The number of pyridine rings is 1. The minimum atomic E-state index is 0.692. The van der Waals surface area contributed by atoms with Gasteiger partial charge in [0.25, 0.3) is 0 Å². The van der Waals surface area contributed by atoms with Crippen LogP contribution in [0.15, 0.2) is 41.5 Å². The molecule has 4 heteroatoms. The summed E-state index contributed by atoms with van der Waals surface area (Å²) in [5, 5.41) is 1.26. The van der Waals surface area contributed by atoms with Gasteiger partial charge in [-0.25, -0.2) is 0 Å². The summed E-state index contributed by atoms with van der Waals surface area (Å²) in [5.41, 5.74) is 2.40. The molecule has 3 rings (SSSR count). The Morgan fingerprint density at radius 3 is 3.00 bits per heavy atom. The number of para-hydroxylation sites is 1. The van der Waals surface area contributed by atoms with E-state index in [1.165, 1.54) is 23.9 Å². The third-order valence-corrected chi connectivity index (χ3v) is 6.04. The summed E-state index contributed by atoms with van der Waals surface area (Å²) < 4.78 is 1.58. The van der Waals surface area contributed by atoms with E-state index >= 15 is 0 Å². The third-order valence-electron chi connectivity index (χ3n) is 3.91. The average molecular weight is 456 g/mol. The zero-order valence-corrected chi connectivity index (χ0v) is 16.0. The van der Waals surface area contributed by atoms with Gasteiger partial charge in [0.1, 0.15) is 0 Å².